The van der Waals surface area contributed by atoms with Crippen LogP contribution in [-0.2, 0) is 6.54 Å². The fourth-order valence-electron chi connectivity index (χ4n) is 2.56. The number of hydrogen-bond acceptors (Lipinski definition) is 4. The van der Waals surface area contributed by atoms with Crippen LogP contribution in [0.15, 0.2) is 15.9 Å². The Balaban J connectivity index is 0.00000180. The molecule has 0 radical (unpaired) electrons. The predicted octanol–water partition coefficient (Wildman–Crippen LogP) is 2.73. The third-order valence-electron chi connectivity index (χ3n) is 3.48. The van der Waals surface area contributed by atoms with Gasteiger partial charge >= 0.3 is 0 Å². The molecular weight excluding hydrogens is 348 g/mol. The summed E-state index contributed by atoms with van der Waals surface area (Å²) in [5.74, 6) is 0. The highest BCUT2D eigenvalue weighted by Gasteiger charge is 2.30. The summed E-state index contributed by atoms with van der Waals surface area (Å²) in [6.07, 6.45) is 1.23. The molecule has 1 aliphatic heterocycles. The van der Waals surface area contributed by atoms with E-state index in [1.165, 1.54) is 11.3 Å². The van der Waals surface area contributed by atoms with Gasteiger partial charge in [0.05, 0.1) is 6.61 Å². The van der Waals surface area contributed by atoms with Crippen molar-refractivity contribution < 1.29 is 5.11 Å². The number of nitrogens with zero attached hydrogens (tertiary/aromatic N) is 1. The van der Waals surface area contributed by atoms with Crippen LogP contribution in [-0.4, -0.2) is 42.8 Å². The van der Waals surface area contributed by atoms with Crippen LogP contribution in [0.4, 0.5) is 0 Å². The normalized spacial score (nSPS) is 22.7. The molecule has 1 fully saturated rings. The lowest BCUT2D eigenvalue weighted by Gasteiger charge is -2.31. The Bertz CT molecular complexity index is 382. The van der Waals surface area contributed by atoms with E-state index >= 15 is 0 Å². The number of aliphatic hydroxyl groups excluding tert-OH is 1. The van der Waals surface area contributed by atoms with Gasteiger partial charge in [0.15, 0.2) is 0 Å². The number of rotatable bonds is 6. The van der Waals surface area contributed by atoms with Gasteiger partial charge in [-0.05, 0) is 40.4 Å². The maximum absolute atomic E-state index is 9.21. The molecule has 1 unspecified atom stereocenters. The molecule has 2 heterocycles. The van der Waals surface area contributed by atoms with E-state index in [2.05, 4.69) is 44.5 Å². The van der Waals surface area contributed by atoms with Crippen LogP contribution in [0, 0.1) is 5.41 Å². The number of thiophene rings is 1. The van der Waals surface area contributed by atoms with Gasteiger partial charge in [-0.3, -0.25) is 4.90 Å². The summed E-state index contributed by atoms with van der Waals surface area (Å²) in [6, 6.07) is 2.17. The number of halogens is 2. The SMILES string of the molecule is CC1(CN(CCO)Cc2cc(Br)cs2)CCNC1.Cl. The maximum Gasteiger partial charge on any atom is 0.0558 e. The van der Waals surface area contributed by atoms with Gasteiger partial charge in [-0.25, -0.2) is 0 Å². The summed E-state index contributed by atoms with van der Waals surface area (Å²) in [4.78, 5) is 3.72. The fourth-order valence-corrected chi connectivity index (χ4v) is 4.05. The van der Waals surface area contributed by atoms with Crippen molar-refractivity contribution in [3.63, 3.8) is 0 Å². The van der Waals surface area contributed by atoms with E-state index in [1.807, 2.05) is 0 Å². The molecule has 0 bridgehead atoms. The molecule has 2 N–H and O–H groups in total. The van der Waals surface area contributed by atoms with Crippen molar-refractivity contribution in [2.45, 2.75) is 19.9 Å². The Labute approximate surface area is 133 Å². The predicted molar refractivity (Wildman–Crippen MR) is 87.2 cm³/mol. The minimum Gasteiger partial charge on any atom is -0.395 e. The third-order valence-corrected chi connectivity index (χ3v) is 5.16. The summed E-state index contributed by atoms with van der Waals surface area (Å²) < 4.78 is 1.15. The molecule has 0 saturated carbocycles. The van der Waals surface area contributed by atoms with Gasteiger partial charge in [0.25, 0.3) is 0 Å². The van der Waals surface area contributed by atoms with Crippen molar-refractivity contribution >= 4 is 39.7 Å². The minimum absolute atomic E-state index is 0. The van der Waals surface area contributed by atoms with Gasteiger partial charge in [0.2, 0.25) is 0 Å². The van der Waals surface area contributed by atoms with Crippen molar-refractivity contribution in [2.75, 3.05) is 32.8 Å². The lowest BCUT2D eigenvalue weighted by molar-refractivity contribution is 0.138. The van der Waals surface area contributed by atoms with E-state index in [0.29, 0.717) is 5.41 Å². The molecular formula is C13H22BrClN2OS. The molecule has 110 valence electrons. The first-order valence-electron chi connectivity index (χ1n) is 6.38. The number of nitrogens with one attached hydrogen (secondary N) is 1. The van der Waals surface area contributed by atoms with Crippen LogP contribution < -0.4 is 5.32 Å². The molecule has 1 atom stereocenters. The Hall–Kier alpha value is 0.350. The van der Waals surface area contributed by atoms with Crippen molar-refractivity contribution in [3.05, 3.63) is 20.8 Å². The van der Waals surface area contributed by atoms with Crippen molar-refractivity contribution in [1.29, 1.82) is 0 Å². The van der Waals surface area contributed by atoms with Crippen LogP contribution in [0.25, 0.3) is 0 Å². The molecule has 0 aliphatic carbocycles. The Kier molecular flexibility index (Phi) is 7.29. The largest absolute Gasteiger partial charge is 0.395 e. The summed E-state index contributed by atoms with van der Waals surface area (Å²) in [6.45, 7) is 7.52. The minimum atomic E-state index is 0. The lowest BCUT2D eigenvalue weighted by atomic mass is 9.89. The quantitative estimate of drug-likeness (QED) is 0.809. The second-order valence-corrected chi connectivity index (χ2v) is 7.31. The first-order chi connectivity index (χ1) is 8.61. The second kappa shape index (κ2) is 7.96. The Morgan fingerprint density at radius 1 is 1.58 bits per heavy atom. The zero-order chi connectivity index (χ0) is 13.0. The average molecular weight is 370 g/mol. The van der Waals surface area contributed by atoms with Gasteiger partial charge in [0, 0.05) is 40.9 Å². The average Bonchev–Trinajstić information content (AvgIpc) is 2.89. The molecule has 3 nitrogen and oxygen atoms in total. The van der Waals surface area contributed by atoms with Gasteiger partial charge in [-0.2, -0.15) is 0 Å². The van der Waals surface area contributed by atoms with Gasteiger partial charge in [0.1, 0.15) is 0 Å². The molecule has 0 amide bonds. The molecule has 1 aliphatic rings. The van der Waals surface area contributed by atoms with Crippen molar-refractivity contribution in [3.8, 4) is 0 Å². The highest BCUT2D eigenvalue weighted by Crippen LogP contribution is 2.27. The van der Waals surface area contributed by atoms with Crippen LogP contribution in [0.3, 0.4) is 0 Å². The molecule has 6 heteroatoms. The van der Waals surface area contributed by atoms with Crippen LogP contribution in [0.1, 0.15) is 18.2 Å². The zero-order valence-electron chi connectivity index (χ0n) is 11.2. The van der Waals surface area contributed by atoms with Crippen molar-refractivity contribution in [2.24, 2.45) is 5.41 Å². The maximum atomic E-state index is 9.21. The highest BCUT2D eigenvalue weighted by atomic mass is 79.9. The molecule has 0 spiro atoms. The molecule has 2 rings (SSSR count). The van der Waals surface area contributed by atoms with E-state index in [9.17, 15) is 5.11 Å². The van der Waals surface area contributed by atoms with E-state index in [0.717, 1.165) is 37.2 Å². The smallest absolute Gasteiger partial charge is 0.0558 e. The third kappa shape index (κ3) is 5.33. The molecule has 19 heavy (non-hydrogen) atoms. The Morgan fingerprint density at radius 2 is 2.37 bits per heavy atom. The first-order valence-corrected chi connectivity index (χ1v) is 8.05. The molecule has 1 aromatic rings. The van der Waals surface area contributed by atoms with E-state index in [-0.39, 0.29) is 19.0 Å². The van der Waals surface area contributed by atoms with Crippen LogP contribution in [0.5, 0.6) is 0 Å². The molecule has 1 saturated heterocycles. The number of aliphatic hydroxyl groups is 1. The fraction of sp³-hybridized carbons (Fsp3) is 0.692. The number of hydrogen-bond donors (Lipinski definition) is 2. The summed E-state index contributed by atoms with van der Waals surface area (Å²) in [7, 11) is 0. The van der Waals surface area contributed by atoms with Gasteiger partial charge in [-0.1, -0.05) is 6.92 Å². The summed E-state index contributed by atoms with van der Waals surface area (Å²) >= 11 is 5.27. The van der Waals surface area contributed by atoms with E-state index in [1.54, 1.807) is 11.3 Å². The molecule has 1 aromatic heterocycles. The van der Waals surface area contributed by atoms with Crippen LogP contribution >= 0.6 is 39.7 Å². The monoisotopic (exact) mass is 368 g/mol. The summed E-state index contributed by atoms with van der Waals surface area (Å²) in [5.41, 5.74) is 0.351. The van der Waals surface area contributed by atoms with E-state index in [4.69, 9.17) is 0 Å². The van der Waals surface area contributed by atoms with Crippen molar-refractivity contribution in [1.82, 2.24) is 10.2 Å². The second-order valence-electron chi connectivity index (χ2n) is 5.40. The molecule has 0 aromatic carbocycles. The van der Waals surface area contributed by atoms with Gasteiger partial charge in [-0.15, -0.1) is 23.7 Å². The standard InChI is InChI=1S/C13H21BrN2OS.ClH/c1-13(2-3-15-9-13)10-16(4-5-17)7-12-6-11(14)8-18-12;/h6,8,15,17H,2-5,7,9-10H2,1H3;1H. The lowest BCUT2D eigenvalue weighted by Crippen LogP contribution is -2.38. The van der Waals surface area contributed by atoms with Gasteiger partial charge < -0.3 is 10.4 Å². The van der Waals surface area contributed by atoms with Crippen LogP contribution in [0.2, 0.25) is 0 Å². The van der Waals surface area contributed by atoms with E-state index < -0.39 is 0 Å². The Morgan fingerprint density at radius 3 is 2.89 bits per heavy atom. The zero-order valence-corrected chi connectivity index (χ0v) is 14.4. The topological polar surface area (TPSA) is 35.5 Å². The highest BCUT2D eigenvalue weighted by molar-refractivity contribution is 9.10. The summed E-state index contributed by atoms with van der Waals surface area (Å²) in [5, 5.41) is 14.8. The first kappa shape index (κ1) is 17.4.